The lowest BCUT2D eigenvalue weighted by atomic mass is 9.88. The van der Waals surface area contributed by atoms with Crippen molar-refractivity contribution in [3.05, 3.63) is 34.9 Å². The SMILES string of the molecule is COC(CC(C)(O)Cc1c(C)cccc1C)OC. The van der Waals surface area contributed by atoms with E-state index in [1.807, 2.05) is 13.0 Å². The summed E-state index contributed by atoms with van der Waals surface area (Å²) in [6.07, 6.45) is 0.687. The topological polar surface area (TPSA) is 38.7 Å². The van der Waals surface area contributed by atoms with Gasteiger partial charge in [-0.2, -0.15) is 0 Å². The fourth-order valence-corrected chi connectivity index (χ4v) is 2.20. The lowest BCUT2D eigenvalue weighted by molar-refractivity contribution is -0.139. The first-order valence-electron chi connectivity index (χ1n) is 6.22. The summed E-state index contributed by atoms with van der Waals surface area (Å²) in [5.41, 5.74) is 2.78. The van der Waals surface area contributed by atoms with Gasteiger partial charge in [0, 0.05) is 27.1 Å². The van der Waals surface area contributed by atoms with Crippen molar-refractivity contribution < 1.29 is 14.6 Å². The molecule has 1 atom stereocenters. The average Bonchev–Trinajstić information content (AvgIpc) is 2.31. The Morgan fingerprint density at radius 2 is 1.67 bits per heavy atom. The molecule has 0 aliphatic rings. The van der Waals surface area contributed by atoms with Crippen LogP contribution in [0.2, 0.25) is 0 Å². The molecule has 0 heterocycles. The number of ether oxygens (including phenoxy) is 2. The number of methoxy groups -OCH3 is 2. The van der Waals surface area contributed by atoms with Crippen molar-refractivity contribution in [1.82, 2.24) is 0 Å². The molecule has 102 valence electrons. The van der Waals surface area contributed by atoms with Gasteiger partial charge >= 0.3 is 0 Å². The summed E-state index contributed by atoms with van der Waals surface area (Å²) < 4.78 is 10.3. The van der Waals surface area contributed by atoms with E-state index in [2.05, 4.69) is 26.0 Å². The van der Waals surface area contributed by atoms with Crippen LogP contribution in [-0.4, -0.2) is 31.2 Å². The van der Waals surface area contributed by atoms with Crippen molar-refractivity contribution >= 4 is 0 Å². The molecular weight excluding hydrogens is 228 g/mol. The van der Waals surface area contributed by atoms with Gasteiger partial charge in [0.25, 0.3) is 0 Å². The highest BCUT2D eigenvalue weighted by molar-refractivity contribution is 5.34. The van der Waals surface area contributed by atoms with Crippen LogP contribution in [0.1, 0.15) is 30.0 Å². The van der Waals surface area contributed by atoms with Gasteiger partial charge in [0.05, 0.1) is 5.60 Å². The Kier molecular flexibility index (Phi) is 5.32. The summed E-state index contributed by atoms with van der Waals surface area (Å²) in [6.45, 7) is 5.97. The first kappa shape index (κ1) is 15.2. The van der Waals surface area contributed by atoms with Crippen LogP contribution >= 0.6 is 0 Å². The second kappa shape index (κ2) is 6.32. The number of hydrogen-bond acceptors (Lipinski definition) is 3. The van der Waals surface area contributed by atoms with Crippen molar-refractivity contribution in [1.29, 1.82) is 0 Å². The zero-order valence-corrected chi connectivity index (χ0v) is 12.0. The van der Waals surface area contributed by atoms with Crippen molar-refractivity contribution in [3.63, 3.8) is 0 Å². The van der Waals surface area contributed by atoms with Crippen molar-refractivity contribution in [3.8, 4) is 0 Å². The van der Waals surface area contributed by atoms with Gasteiger partial charge in [-0.15, -0.1) is 0 Å². The number of hydrogen-bond donors (Lipinski definition) is 1. The van der Waals surface area contributed by atoms with Crippen LogP contribution < -0.4 is 0 Å². The molecular formula is C15H24O3. The predicted molar refractivity (Wildman–Crippen MR) is 72.7 cm³/mol. The maximum absolute atomic E-state index is 10.5. The van der Waals surface area contributed by atoms with Crippen LogP contribution in [0.25, 0.3) is 0 Å². The molecule has 0 aromatic heterocycles. The van der Waals surface area contributed by atoms with E-state index >= 15 is 0 Å². The highest BCUT2D eigenvalue weighted by atomic mass is 16.7. The summed E-state index contributed by atoms with van der Waals surface area (Å²) in [5, 5.41) is 10.5. The van der Waals surface area contributed by atoms with Gasteiger partial charge < -0.3 is 14.6 Å². The van der Waals surface area contributed by atoms with Crippen LogP contribution in [0.15, 0.2) is 18.2 Å². The molecule has 0 spiro atoms. The van der Waals surface area contributed by atoms with E-state index in [0.717, 1.165) is 0 Å². The van der Waals surface area contributed by atoms with Crippen LogP contribution in [0.3, 0.4) is 0 Å². The van der Waals surface area contributed by atoms with Gasteiger partial charge in [-0.25, -0.2) is 0 Å². The van der Waals surface area contributed by atoms with E-state index in [4.69, 9.17) is 9.47 Å². The van der Waals surface area contributed by atoms with Crippen LogP contribution in [-0.2, 0) is 15.9 Å². The minimum atomic E-state index is -0.840. The van der Waals surface area contributed by atoms with E-state index < -0.39 is 5.60 Å². The van der Waals surface area contributed by atoms with E-state index in [1.165, 1.54) is 16.7 Å². The molecule has 0 amide bonds. The molecule has 3 heteroatoms. The fraction of sp³-hybridized carbons (Fsp3) is 0.600. The lowest BCUT2D eigenvalue weighted by Crippen LogP contribution is -2.34. The molecule has 0 radical (unpaired) electrons. The summed E-state index contributed by atoms with van der Waals surface area (Å²) in [5.74, 6) is 0. The first-order chi connectivity index (χ1) is 8.39. The molecule has 18 heavy (non-hydrogen) atoms. The monoisotopic (exact) mass is 252 g/mol. The molecule has 0 saturated carbocycles. The third-order valence-corrected chi connectivity index (χ3v) is 3.33. The summed E-state index contributed by atoms with van der Waals surface area (Å²) in [4.78, 5) is 0. The Balaban J connectivity index is 2.81. The number of rotatable bonds is 6. The van der Waals surface area contributed by atoms with Crippen LogP contribution in [0, 0.1) is 13.8 Å². The fourth-order valence-electron chi connectivity index (χ4n) is 2.20. The smallest absolute Gasteiger partial charge is 0.159 e. The third-order valence-electron chi connectivity index (χ3n) is 3.33. The van der Waals surface area contributed by atoms with Gasteiger partial charge in [0.15, 0.2) is 6.29 Å². The molecule has 0 saturated heterocycles. The maximum Gasteiger partial charge on any atom is 0.159 e. The average molecular weight is 252 g/mol. The van der Waals surface area contributed by atoms with Crippen LogP contribution in [0.5, 0.6) is 0 Å². The number of aliphatic hydroxyl groups is 1. The van der Waals surface area contributed by atoms with E-state index in [1.54, 1.807) is 14.2 Å². The van der Waals surface area contributed by atoms with Gasteiger partial charge in [-0.1, -0.05) is 18.2 Å². The molecule has 1 N–H and O–H groups in total. The standard InChI is InChI=1S/C15H24O3/c1-11-7-6-8-12(2)13(11)9-15(3,16)10-14(17-4)18-5/h6-8,14,16H,9-10H2,1-5H3. The highest BCUT2D eigenvalue weighted by Crippen LogP contribution is 2.24. The van der Waals surface area contributed by atoms with Crippen molar-refractivity contribution in [2.75, 3.05) is 14.2 Å². The number of aryl methyl sites for hydroxylation is 2. The maximum atomic E-state index is 10.5. The van der Waals surface area contributed by atoms with E-state index in [-0.39, 0.29) is 6.29 Å². The molecule has 0 aliphatic carbocycles. The predicted octanol–water partition coefficient (Wildman–Crippen LogP) is 2.61. The van der Waals surface area contributed by atoms with Gasteiger partial charge in [0.2, 0.25) is 0 Å². The number of benzene rings is 1. The van der Waals surface area contributed by atoms with E-state index in [0.29, 0.717) is 12.8 Å². The zero-order chi connectivity index (χ0) is 13.8. The molecule has 1 rings (SSSR count). The Hall–Kier alpha value is -0.900. The quantitative estimate of drug-likeness (QED) is 0.791. The van der Waals surface area contributed by atoms with E-state index in [9.17, 15) is 5.11 Å². The summed E-state index contributed by atoms with van der Waals surface area (Å²) >= 11 is 0. The molecule has 3 nitrogen and oxygen atoms in total. The van der Waals surface area contributed by atoms with Crippen LogP contribution in [0.4, 0.5) is 0 Å². The third kappa shape index (κ3) is 4.09. The zero-order valence-electron chi connectivity index (χ0n) is 12.0. The normalized spacial score (nSPS) is 14.8. The second-order valence-electron chi connectivity index (χ2n) is 5.15. The Labute approximate surface area is 110 Å². The van der Waals surface area contributed by atoms with Gasteiger partial charge in [-0.05, 0) is 37.5 Å². The summed E-state index contributed by atoms with van der Waals surface area (Å²) in [7, 11) is 3.17. The molecule has 1 aromatic rings. The molecule has 1 aromatic carbocycles. The molecule has 0 fully saturated rings. The lowest BCUT2D eigenvalue weighted by Gasteiger charge is -2.28. The largest absolute Gasteiger partial charge is 0.390 e. The Morgan fingerprint density at radius 1 is 1.17 bits per heavy atom. The summed E-state index contributed by atoms with van der Waals surface area (Å²) in [6, 6.07) is 6.18. The second-order valence-corrected chi connectivity index (χ2v) is 5.15. The Morgan fingerprint density at radius 3 is 2.11 bits per heavy atom. The minimum absolute atomic E-state index is 0.371. The first-order valence-corrected chi connectivity index (χ1v) is 6.22. The minimum Gasteiger partial charge on any atom is -0.390 e. The van der Waals surface area contributed by atoms with Gasteiger partial charge in [-0.3, -0.25) is 0 Å². The molecule has 1 unspecified atom stereocenters. The Bertz CT molecular complexity index is 361. The van der Waals surface area contributed by atoms with Gasteiger partial charge in [0.1, 0.15) is 0 Å². The van der Waals surface area contributed by atoms with Crippen molar-refractivity contribution in [2.45, 2.75) is 45.5 Å². The highest BCUT2D eigenvalue weighted by Gasteiger charge is 2.27. The molecule has 0 aliphatic heterocycles. The molecule has 0 bridgehead atoms. The van der Waals surface area contributed by atoms with Crippen molar-refractivity contribution in [2.24, 2.45) is 0 Å².